The number of nitrogens with two attached hydrogens (primary N) is 1. The second kappa shape index (κ2) is 4.89. The van der Waals surface area contributed by atoms with E-state index in [-0.39, 0.29) is 12.1 Å². The van der Waals surface area contributed by atoms with Gasteiger partial charge in [0.05, 0.1) is 6.10 Å². The van der Waals surface area contributed by atoms with Crippen LogP contribution < -0.4 is 5.73 Å². The summed E-state index contributed by atoms with van der Waals surface area (Å²) in [4.78, 5) is 0. The average Bonchev–Trinajstić information content (AvgIpc) is 2.28. The summed E-state index contributed by atoms with van der Waals surface area (Å²) in [6.45, 7) is 3.03. The molecule has 4 heteroatoms. The van der Waals surface area contributed by atoms with Crippen molar-refractivity contribution in [2.24, 2.45) is 11.7 Å². The second-order valence-corrected chi connectivity index (χ2v) is 4.15. The summed E-state index contributed by atoms with van der Waals surface area (Å²) in [5, 5.41) is 9.42. The van der Waals surface area contributed by atoms with Gasteiger partial charge in [0.2, 0.25) is 0 Å². The van der Waals surface area contributed by atoms with Gasteiger partial charge in [-0.3, -0.25) is 0 Å². The molecule has 90 valence electrons. The van der Waals surface area contributed by atoms with Gasteiger partial charge in [0.25, 0.3) is 5.92 Å². The Morgan fingerprint density at radius 1 is 1.25 bits per heavy atom. The molecule has 0 radical (unpaired) electrons. The molecule has 1 unspecified atom stereocenters. The maximum absolute atomic E-state index is 13.6. The largest absolute Gasteiger partial charge is 0.387 e. The first-order valence-corrected chi connectivity index (χ1v) is 5.26. The number of rotatable bonds is 4. The third kappa shape index (κ3) is 2.57. The molecule has 1 rings (SSSR count). The van der Waals surface area contributed by atoms with Crippen LogP contribution in [0.4, 0.5) is 8.78 Å². The Labute approximate surface area is 94.1 Å². The predicted molar refractivity (Wildman–Crippen MR) is 59.2 cm³/mol. The second-order valence-electron chi connectivity index (χ2n) is 4.15. The zero-order chi connectivity index (χ0) is 12.3. The van der Waals surface area contributed by atoms with Gasteiger partial charge in [-0.05, 0) is 5.56 Å². The lowest BCUT2D eigenvalue weighted by Crippen LogP contribution is -2.21. The van der Waals surface area contributed by atoms with Crippen molar-refractivity contribution in [3.8, 4) is 0 Å². The van der Waals surface area contributed by atoms with Crippen LogP contribution in [0.25, 0.3) is 0 Å². The Kier molecular flexibility index (Phi) is 3.99. The van der Waals surface area contributed by atoms with Crippen LogP contribution in [0.5, 0.6) is 0 Å². The van der Waals surface area contributed by atoms with Crippen molar-refractivity contribution < 1.29 is 13.9 Å². The molecule has 0 aliphatic rings. The van der Waals surface area contributed by atoms with Crippen molar-refractivity contribution >= 4 is 0 Å². The van der Waals surface area contributed by atoms with Gasteiger partial charge in [0.15, 0.2) is 0 Å². The molecule has 0 saturated heterocycles. The van der Waals surface area contributed by atoms with Crippen LogP contribution >= 0.6 is 0 Å². The number of hydrogen-bond donors (Lipinski definition) is 2. The smallest absolute Gasteiger partial charge is 0.275 e. The van der Waals surface area contributed by atoms with E-state index in [1.54, 1.807) is 0 Å². The van der Waals surface area contributed by atoms with Gasteiger partial charge in [0.1, 0.15) is 0 Å². The van der Waals surface area contributed by atoms with E-state index in [1.165, 1.54) is 38.1 Å². The lowest BCUT2D eigenvalue weighted by Gasteiger charge is -2.21. The average molecular weight is 229 g/mol. The van der Waals surface area contributed by atoms with E-state index < -0.39 is 17.9 Å². The van der Waals surface area contributed by atoms with Crippen LogP contribution in [0.3, 0.4) is 0 Å². The van der Waals surface area contributed by atoms with E-state index in [1.807, 2.05) is 0 Å². The van der Waals surface area contributed by atoms with Crippen LogP contribution in [0, 0.1) is 5.92 Å². The quantitative estimate of drug-likeness (QED) is 0.833. The van der Waals surface area contributed by atoms with Crippen LogP contribution in [0.1, 0.15) is 31.1 Å². The fourth-order valence-corrected chi connectivity index (χ4v) is 1.40. The minimum absolute atomic E-state index is 0.0320. The monoisotopic (exact) mass is 229 g/mol. The van der Waals surface area contributed by atoms with E-state index in [9.17, 15) is 13.9 Å². The molecular weight excluding hydrogens is 212 g/mol. The van der Waals surface area contributed by atoms with E-state index >= 15 is 0 Å². The topological polar surface area (TPSA) is 46.2 Å². The van der Waals surface area contributed by atoms with Gasteiger partial charge >= 0.3 is 0 Å². The van der Waals surface area contributed by atoms with Gasteiger partial charge in [-0.2, -0.15) is 0 Å². The number of halogens is 2. The van der Waals surface area contributed by atoms with Crippen molar-refractivity contribution in [1.82, 2.24) is 0 Å². The molecule has 0 amide bonds. The van der Waals surface area contributed by atoms with Crippen molar-refractivity contribution in [1.29, 1.82) is 0 Å². The molecule has 0 fully saturated rings. The lowest BCUT2D eigenvalue weighted by atomic mass is 9.96. The number of alkyl halides is 2. The highest BCUT2D eigenvalue weighted by atomic mass is 19.3. The SMILES string of the molecule is CC(C)C(F)(F)c1ccc(C(O)CN)cc1. The summed E-state index contributed by atoms with van der Waals surface area (Å²) in [6.07, 6.45) is -0.790. The molecule has 0 heterocycles. The summed E-state index contributed by atoms with van der Waals surface area (Å²) in [5.74, 6) is -3.59. The van der Waals surface area contributed by atoms with Gasteiger partial charge in [-0.15, -0.1) is 0 Å². The van der Waals surface area contributed by atoms with E-state index in [0.717, 1.165) is 0 Å². The zero-order valence-electron chi connectivity index (χ0n) is 9.45. The molecular formula is C12H17F2NO. The third-order valence-corrected chi connectivity index (χ3v) is 2.63. The van der Waals surface area contributed by atoms with Crippen molar-refractivity contribution in [3.63, 3.8) is 0 Å². The van der Waals surface area contributed by atoms with Gasteiger partial charge < -0.3 is 10.8 Å². The molecule has 0 aromatic heterocycles. The molecule has 1 atom stereocenters. The minimum Gasteiger partial charge on any atom is -0.387 e. The van der Waals surface area contributed by atoms with Crippen molar-refractivity contribution in [3.05, 3.63) is 35.4 Å². The van der Waals surface area contributed by atoms with Gasteiger partial charge in [0, 0.05) is 18.0 Å². The standard InChI is InChI=1S/C12H17F2NO/c1-8(2)12(13,14)10-5-3-9(4-6-10)11(16)7-15/h3-6,8,11,16H,7,15H2,1-2H3. The fraction of sp³-hybridized carbons (Fsp3) is 0.500. The number of aliphatic hydroxyl groups excluding tert-OH is 1. The highest BCUT2D eigenvalue weighted by Gasteiger charge is 2.35. The fourth-order valence-electron chi connectivity index (χ4n) is 1.40. The predicted octanol–water partition coefficient (Wildman–Crippen LogP) is 2.43. The maximum Gasteiger partial charge on any atom is 0.275 e. The molecule has 0 bridgehead atoms. The highest BCUT2D eigenvalue weighted by molar-refractivity contribution is 5.27. The minimum atomic E-state index is -2.84. The number of benzene rings is 1. The van der Waals surface area contributed by atoms with E-state index in [0.29, 0.717) is 5.56 Å². The molecule has 0 aliphatic heterocycles. The van der Waals surface area contributed by atoms with Crippen LogP contribution in [0.2, 0.25) is 0 Å². The molecule has 1 aromatic carbocycles. The summed E-state index contributed by atoms with van der Waals surface area (Å²) in [7, 11) is 0. The van der Waals surface area contributed by atoms with Gasteiger partial charge in [-0.25, -0.2) is 8.78 Å². The lowest BCUT2D eigenvalue weighted by molar-refractivity contribution is -0.0514. The Bertz CT molecular complexity index is 335. The van der Waals surface area contributed by atoms with Crippen LogP contribution in [0.15, 0.2) is 24.3 Å². The van der Waals surface area contributed by atoms with Crippen LogP contribution in [-0.2, 0) is 5.92 Å². The normalized spacial score (nSPS) is 14.2. The Morgan fingerprint density at radius 3 is 2.12 bits per heavy atom. The maximum atomic E-state index is 13.6. The third-order valence-electron chi connectivity index (χ3n) is 2.63. The molecule has 3 N–H and O–H groups in total. The summed E-state index contributed by atoms with van der Waals surface area (Å²) in [6, 6.07) is 5.66. The number of aliphatic hydroxyl groups is 1. The van der Waals surface area contributed by atoms with Crippen LogP contribution in [-0.4, -0.2) is 11.7 Å². The number of hydrogen-bond acceptors (Lipinski definition) is 2. The Morgan fingerprint density at radius 2 is 1.75 bits per heavy atom. The van der Waals surface area contributed by atoms with Gasteiger partial charge in [-0.1, -0.05) is 38.1 Å². The summed E-state index contributed by atoms with van der Waals surface area (Å²) >= 11 is 0. The van der Waals surface area contributed by atoms with Crippen molar-refractivity contribution in [2.45, 2.75) is 25.9 Å². The molecule has 16 heavy (non-hydrogen) atoms. The highest BCUT2D eigenvalue weighted by Crippen LogP contribution is 2.35. The molecule has 0 saturated carbocycles. The first-order valence-electron chi connectivity index (χ1n) is 5.26. The Balaban J connectivity index is 2.95. The van der Waals surface area contributed by atoms with Crippen molar-refractivity contribution in [2.75, 3.05) is 6.54 Å². The first kappa shape index (κ1) is 13.1. The zero-order valence-corrected chi connectivity index (χ0v) is 9.45. The summed E-state index contributed by atoms with van der Waals surface area (Å²) in [5.41, 5.74) is 5.81. The van der Waals surface area contributed by atoms with E-state index in [4.69, 9.17) is 5.73 Å². The molecule has 0 aliphatic carbocycles. The van der Waals surface area contributed by atoms with E-state index in [2.05, 4.69) is 0 Å². The molecule has 1 aromatic rings. The Hall–Kier alpha value is -1.00. The molecule has 0 spiro atoms. The summed E-state index contributed by atoms with van der Waals surface area (Å²) < 4.78 is 27.2. The first-order chi connectivity index (χ1) is 7.39. The molecule has 2 nitrogen and oxygen atoms in total.